The molecule has 1 aromatic carbocycles. The first-order valence-corrected chi connectivity index (χ1v) is 7.52. The van der Waals surface area contributed by atoms with Crippen molar-refractivity contribution in [2.75, 3.05) is 41.0 Å². The van der Waals surface area contributed by atoms with Gasteiger partial charge in [0.15, 0.2) is 11.5 Å². The van der Waals surface area contributed by atoms with Crippen molar-refractivity contribution >= 4 is 17.5 Å². The molecule has 0 radical (unpaired) electrons. The number of methoxy groups -OCH3 is 3. The second kappa shape index (κ2) is 8.86. The van der Waals surface area contributed by atoms with E-state index in [-0.39, 0.29) is 5.91 Å². The topological polar surface area (TPSA) is 48.0 Å². The highest BCUT2D eigenvalue weighted by atomic mass is 35.5. The summed E-state index contributed by atoms with van der Waals surface area (Å²) >= 11 is 6.17. The zero-order valence-corrected chi connectivity index (χ0v) is 14.6. The summed E-state index contributed by atoms with van der Waals surface area (Å²) in [7, 11) is 4.64. The molecule has 1 amide bonds. The van der Waals surface area contributed by atoms with E-state index in [0.29, 0.717) is 47.7 Å². The molecule has 0 saturated heterocycles. The van der Waals surface area contributed by atoms with Gasteiger partial charge in [0, 0.05) is 25.8 Å². The fraction of sp³-hybridized carbons (Fsp3) is 0.562. The van der Waals surface area contributed by atoms with Crippen LogP contribution in [-0.4, -0.2) is 51.8 Å². The monoisotopic (exact) mass is 329 g/mol. The Labute approximate surface area is 137 Å². The van der Waals surface area contributed by atoms with Crippen LogP contribution in [0.15, 0.2) is 12.1 Å². The summed E-state index contributed by atoms with van der Waals surface area (Å²) in [5.41, 5.74) is 0.472. The Morgan fingerprint density at radius 3 is 2.41 bits per heavy atom. The van der Waals surface area contributed by atoms with Gasteiger partial charge < -0.3 is 19.1 Å². The van der Waals surface area contributed by atoms with Gasteiger partial charge in [0.05, 0.1) is 25.8 Å². The summed E-state index contributed by atoms with van der Waals surface area (Å²) in [5, 5.41) is 0.349. The number of ether oxygens (including phenoxy) is 3. The summed E-state index contributed by atoms with van der Waals surface area (Å²) in [6.07, 6.45) is 0. The van der Waals surface area contributed by atoms with Gasteiger partial charge in [-0.3, -0.25) is 4.79 Å². The average molecular weight is 330 g/mol. The third-order valence-electron chi connectivity index (χ3n) is 3.12. The highest BCUT2D eigenvalue weighted by Gasteiger charge is 2.20. The lowest BCUT2D eigenvalue weighted by atomic mass is 10.1. The van der Waals surface area contributed by atoms with Crippen molar-refractivity contribution in [3.05, 3.63) is 22.7 Å². The minimum absolute atomic E-state index is 0.103. The van der Waals surface area contributed by atoms with Crippen LogP contribution in [0.1, 0.15) is 24.2 Å². The van der Waals surface area contributed by atoms with Gasteiger partial charge in [-0.25, -0.2) is 0 Å². The lowest BCUT2D eigenvalue weighted by Crippen LogP contribution is -2.36. The van der Waals surface area contributed by atoms with Crippen molar-refractivity contribution < 1.29 is 19.0 Å². The molecule has 0 fully saturated rings. The Kier molecular flexibility index (Phi) is 7.48. The number of hydrogen-bond acceptors (Lipinski definition) is 4. The molecule has 0 heterocycles. The van der Waals surface area contributed by atoms with E-state index in [1.54, 1.807) is 24.1 Å². The van der Waals surface area contributed by atoms with Crippen LogP contribution in [0.2, 0.25) is 5.02 Å². The zero-order chi connectivity index (χ0) is 16.7. The maximum atomic E-state index is 12.7. The molecular weight excluding hydrogens is 306 g/mol. The number of carbonyl (C=O) groups excluding carboxylic acids is 1. The summed E-state index contributed by atoms with van der Waals surface area (Å²) in [5.74, 6) is 1.12. The molecule has 0 spiro atoms. The van der Waals surface area contributed by atoms with E-state index >= 15 is 0 Å². The minimum atomic E-state index is -0.103. The molecule has 22 heavy (non-hydrogen) atoms. The molecule has 0 unspecified atom stereocenters. The molecule has 0 N–H and O–H groups in total. The van der Waals surface area contributed by atoms with Crippen molar-refractivity contribution in [2.45, 2.75) is 13.8 Å². The molecule has 0 saturated carbocycles. The molecule has 1 aromatic rings. The van der Waals surface area contributed by atoms with Crippen LogP contribution in [0.5, 0.6) is 11.5 Å². The second-order valence-corrected chi connectivity index (χ2v) is 5.74. The first-order valence-electron chi connectivity index (χ1n) is 7.14. The van der Waals surface area contributed by atoms with Gasteiger partial charge in [0.2, 0.25) is 0 Å². The van der Waals surface area contributed by atoms with Crippen LogP contribution in [0.3, 0.4) is 0 Å². The third-order valence-corrected chi connectivity index (χ3v) is 3.40. The molecule has 0 aliphatic heterocycles. The average Bonchev–Trinajstić information content (AvgIpc) is 2.49. The number of nitrogens with zero attached hydrogens (tertiary/aromatic N) is 1. The van der Waals surface area contributed by atoms with Crippen LogP contribution in [-0.2, 0) is 4.74 Å². The Morgan fingerprint density at radius 1 is 1.23 bits per heavy atom. The van der Waals surface area contributed by atoms with Crippen molar-refractivity contribution in [3.63, 3.8) is 0 Å². The SMILES string of the molecule is COCCN(CC(C)C)C(=O)c1cc(Cl)c(OC)c(OC)c1. The Hall–Kier alpha value is -1.46. The Bertz CT molecular complexity index is 505. The molecule has 0 aliphatic carbocycles. The van der Waals surface area contributed by atoms with Gasteiger partial charge in [0.25, 0.3) is 5.91 Å². The first kappa shape index (κ1) is 18.6. The molecule has 6 heteroatoms. The molecule has 1 rings (SSSR count). The predicted molar refractivity (Wildman–Crippen MR) is 87.2 cm³/mol. The van der Waals surface area contributed by atoms with Gasteiger partial charge in [-0.05, 0) is 18.1 Å². The maximum absolute atomic E-state index is 12.7. The lowest BCUT2D eigenvalue weighted by molar-refractivity contribution is 0.0672. The second-order valence-electron chi connectivity index (χ2n) is 5.33. The minimum Gasteiger partial charge on any atom is -0.493 e. The smallest absolute Gasteiger partial charge is 0.254 e. The number of benzene rings is 1. The first-order chi connectivity index (χ1) is 10.4. The van der Waals surface area contributed by atoms with E-state index in [1.165, 1.54) is 14.2 Å². The number of amides is 1. The Morgan fingerprint density at radius 2 is 1.91 bits per heavy atom. The van der Waals surface area contributed by atoms with Gasteiger partial charge in [-0.1, -0.05) is 25.4 Å². The van der Waals surface area contributed by atoms with Crippen molar-refractivity contribution in [1.82, 2.24) is 4.90 Å². The molecular formula is C16H24ClNO4. The van der Waals surface area contributed by atoms with E-state index in [0.717, 1.165) is 0 Å². The zero-order valence-electron chi connectivity index (χ0n) is 13.8. The molecule has 0 aromatic heterocycles. The maximum Gasteiger partial charge on any atom is 0.254 e. The highest BCUT2D eigenvalue weighted by Crippen LogP contribution is 2.36. The fourth-order valence-electron chi connectivity index (χ4n) is 2.14. The number of halogens is 1. The molecule has 0 atom stereocenters. The molecule has 0 aliphatic rings. The van der Waals surface area contributed by atoms with E-state index in [2.05, 4.69) is 13.8 Å². The standard InChI is InChI=1S/C16H24ClNO4/c1-11(2)10-18(6-7-20-3)16(19)12-8-13(17)15(22-5)14(9-12)21-4/h8-9,11H,6-7,10H2,1-5H3. The number of rotatable bonds is 8. The van der Waals surface area contributed by atoms with Gasteiger partial charge >= 0.3 is 0 Å². The lowest BCUT2D eigenvalue weighted by Gasteiger charge is -2.25. The number of carbonyl (C=O) groups is 1. The van der Waals surface area contributed by atoms with Crippen LogP contribution >= 0.6 is 11.6 Å². The summed E-state index contributed by atoms with van der Waals surface area (Å²) in [6, 6.07) is 3.25. The summed E-state index contributed by atoms with van der Waals surface area (Å²) in [6.45, 7) is 5.79. The van der Waals surface area contributed by atoms with E-state index in [4.69, 9.17) is 25.8 Å². The van der Waals surface area contributed by atoms with E-state index in [1.807, 2.05) is 0 Å². The Balaban J connectivity index is 3.09. The van der Waals surface area contributed by atoms with E-state index < -0.39 is 0 Å². The van der Waals surface area contributed by atoms with Crippen LogP contribution in [0.4, 0.5) is 0 Å². The predicted octanol–water partition coefficient (Wildman–Crippen LogP) is 3.10. The number of hydrogen-bond donors (Lipinski definition) is 0. The van der Waals surface area contributed by atoms with Crippen LogP contribution in [0.25, 0.3) is 0 Å². The van der Waals surface area contributed by atoms with Crippen molar-refractivity contribution in [2.24, 2.45) is 5.92 Å². The normalized spacial score (nSPS) is 10.7. The molecule has 124 valence electrons. The molecule has 0 bridgehead atoms. The van der Waals surface area contributed by atoms with Crippen molar-refractivity contribution in [3.8, 4) is 11.5 Å². The van der Waals surface area contributed by atoms with Crippen LogP contribution < -0.4 is 9.47 Å². The summed E-state index contributed by atoms with van der Waals surface area (Å²) in [4.78, 5) is 14.5. The van der Waals surface area contributed by atoms with Crippen LogP contribution in [0, 0.1) is 5.92 Å². The van der Waals surface area contributed by atoms with E-state index in [9.17, 15) is 4.79 Å². The van der Waals surface area contributed by atoms with Gasteiger partial charge in [-0.15, -0.1) is 0 Å². The van der Waals surface area contributed by atoms with Gasteiger partial charge in [-0.2, -0.15) is 0 Å². The third kappa shape index (κ3) is 4.78. The highest BCUT2D eigenvalue weighted by molar-refractivity contribution is 6.32. The molecule has 5 nitrogen and oxygen atoms in total. The fourth-order valence-corrected chi connectivity index (χ4v) is 2.43. The van der Waals surface area contributed by atoms with Crippen molar-refractivity contribution in [1.29, 1.82) is 0 Å². The largest absolute Gasteiger partial charge is 0.493 e. The quantitative estimate of drug-likeness (QED) is 0.735. The summed E-state index contributed by atoms with van der Waals surface area (Å²) < 4.78 is 15.5. The van der Waals surface area contributed by atoms with Gasteiger partial charge in [0.1, 0.15) is 0 Å².